The van der Waals surface area contributed by atoms with Gasteiger partial charge in [0.1, 0.15) is 5.67 Å². The van der Waals surface area contributed by atoms with Crippen molar-refractivity contribution in [1.82, 2.24) is 0 Å². The van der Waals surface area contributed by atoms with Crippen molar-refractivity contribution >= 4 is 0 Å². The molecule has 1 saturated carbocycles. The summed E-state index contributed by atoms with van der Waals surface area (Å²) in [6, 6.07) is 0. The van der Waals surface area contributed by atoms with Gasteiger partial charge < -0.3 is 4.74 Å². The summed E-state index contributed by atoms with van der Waals surface area (Å²) < 4.78 is 19.3. The van der Waals surface area contributed by atoms with Crippen LogP contribution >= 0.6 is 0 Å². The Morgan fingerprint density at radius 3 is 2.31 bits per heavy atom. The minimum atomic E-state index is -0.941. The van der Waals surface area contributed by atoms with Crippen molar-refractivity contribution in [2.45, 2.75) is 39.3 Å². The molecule has 0 saturated heterocycles. The van der Waals surface area contributed by atoms with E-state index in [2.05, 4.69) is 20.8 Å². The Kier molecular flexibility index (Phi) is 3.33. The first kappa shape index (κ1) is 11.0. The highest BCUT2D eigenvalue weighted by molar-refractivity contribution is 4.98. The Morgan fingerprint density at radius 2 is 2.00 bits per heavy atom. The molecule has 0 N–H and O–H groups in total. The molecule has 0 aromatic rings. The van der Waals surface area contributed by atoms with Crippen LogP contribution < -0.4 is 0 Å². The number of methoxy groups -OCH3 is 1. The fourth-order valence-corrected chi connectivity index (χ4v) is 2.52. The highest BCUT2D eigenvalue weighted by Crippen LogP contribution is 2.48. The maximum absolute atomic E-state index is 14.2. The van der Waals surface area contributed by atoms with E-state index in [0.717, 1.165) is 12.8 Å². The lowest BCUT2D eigenvalue weighted by Gasteiger charge is -2.46. The van der Waals surface area contributed by atoms with Gasteiger partial charge in [0, 0.05) is 13.0 Å². The topological polar surface area (TPSA) is 9.23 Å². The lowest BCUT2D eigenvalue weighted by atomic mass is 9.64. The summed E-state index contributed by atoms with van der Waals surface area (Å²) in [7, 11) is 1.65. The van der Waals surface area contributed by atoms with Gasteiger partial charge in [0.15, 0.2) is 0 Å². The van der Waals surface area contributed by atoms with Crippen molar-refractivity contribution in [3.05, 3.63) is 0 Å². The van der Waals surface area contributed by atoms with Crippen LogP contribution in [0.5, 0.6) is 0 Å². The van der Waals surface area contributed by atoms with E-state index < -0.39 is 5.67 Å². The van der Waals surface area contributed by atoms with Crippen LogP contribution in [0.2, 0.25) is 0 Å². The molecule has 1 aliphatic rings. The lowest BCUT2D eigenvalue weighted by Crippen LogP contribution is -2.48. The molecule has 0 aromatic heterocycles. The molecule has 1 nitrogen and oxygen atoms in total. The van der Waals surface area contributed by atoms with E-state index in [1.165, 1.54) is 0 Å². The average Bonchev–Trinajstić information content (AvgIpc) is 1.96. The molecule has 0 aliphatic heterocycles. The van der Waals surface area contributed by atoms with Crippen LogP contribution in [0.25, 0.3) is 0 Å². The molecule has 1 atom stereocenters. The Labute approximate surface area is 80.7 Å². The zero-order valence-corrected chi connectivity index (χ0v) is 9.14. The second-order valence-electron chi connectivity index (χ2n) is 4.85. The molecular formula is C11H21FO. The first-order valence-electron chi connectivity index (χ1n) is 5.17. The summed E-state index contributed by atoms with van der Waals surface area (Å²) in [6.45, 7) is 6.82. The number of rotatable bonds is 4. The fraction of sp³-hybridized carbons (Fsp3) is 1.00. The van der Waals surface area contributed by atoms with Crippen LogP contribution in [0.3, 0.4) is 0 Å². The number of halogens is 1. The molecule has 1 fully saturated rings. The van der Waals surface area contributed by atoms with E-state index in [0.29, 0.717) is 18.4 Å². The number of hydrogen-bond acceptors (Lipinski definition) is 1. The van der Waals surface area contributed by atoms with Crippen molar-refractivity contribution in [2.75, 3.05) is 13.7 Å². The summed E-state index contributed by atoms with van der Waals surface area (Å²) >= 11 is 0. The summed E-state index contributed by atoms with van der Waals surface area (Å²) in [6.07, 6.45) is 1.44. The quantitative estimate of drug-likeness (QED) is 0.659. The van der Waals surface area contributed by atoms with Crippen molar-refractivity contribution in [2.24, 2.45) is 17.8 Å². The van der Waals surface area contributed by atoms with Crippen LogP contribution in [-0.4, -0.2) is 19.4 Å². The standard InChI is InChI=1S/C11H21FO/c1-8(2)10(7-13-4)11(12)5-9(3)6-11/h8-10H,5-7H2,1-4H3/t9?,10-,11?/m1/s1. The van der Waals surface area contributed by atoms with E-state index >= 15 is 0 Å². The molecule has 0 spiro atoms. The first-order valence-corrected chi connectivity index (χ1v) is 5.17. The monoisotopic (exact) mass is 188 g/mol. The molecular weight excluding hydrogens is 167 g/mol. The molecule has 13 heavy (non-hydrogen) atoms. The van der Waals surface area contributed by atoms with Gasteiger partial charge in [-0.2, -0.15) is 0 Å². The largest absolute Gasteiger partial charge is 0.384 e. The highest BCUT2D eigenvalue weighted by Gasteiger charge is 2.49. The highest BCUT2D eigenvalue weighted by atomic mass is 19.1. The van der Waals surface area contributed by atoms with Gasteiger partial charge in [0.25, 0.3) is 0 Å². The second kappa shape index (κ2) is 3.95. The summed E-state index contributed by atoms with van der Waals surface area (Å²) in [5, 5.41) is 0. The van der Waals surface area contributed by atoms with Gasteiger partial charge in [-0.1, -0.05) is 20.8 Å². The van der Waals surface area contributed by atoms with E-state index in [9.17, 15) is 4.39 Å². The number of alkyl halides is 1. The molecule has 0 radical (unpaired) electrons. The van der Waals surface area contributed by atoms with E-state index in [-0.39, 0.29) is 5.92 Å². The minimum Gasteiger partial charge on any atom is -0.384 e. The Bertz CT molecular complexity index is 161. The van der Waals surface area contributed by atoms with Crippen molar-refractivity contribution in [3.63, 3.8) is 0 Å². The van der Waals surface area contributed by atoms with Crippen molar-refractivity contribution < 1.29 is 9.13 Å². The maximum Gasteiger partial charge on any atom is 0.116 e. The number of ether oxygens (including phenoxy) is 1. The minimum absolute atomic E-state index is 0.0775. The predicted octanol–water partition coefficient (Wildman–Crippen LogP) is 3.04. The molecule has 0 unspecified atom stereocenters. The lowest BCUT2D eigenvalue weighted by molar-refractivity contribution is -0.0807. The van der Waals surface area contributed by atoms with Gasteiger partial charge in [0.2, 0.25) is 0 Å². The molecule has 2 heteroatoms. The summed E-state index contributed by atoms with van der Waals surface area (Å²) in [5.41, 5.74) is -0.941. The summed E-state index contributed by atoms with van der Waals surface area (Å²) in [4.78, 5) is 0. The third-order valence-electron chi connectivity index (χ3n) is 3.19. The molecule has 78 valence electrons. The van der Waals surface area contributed by atoms with Gasteiger partial charge in [0.05, 0.1) is 6.61 Å². The Balaban J connectivity index is 2.54. The van der Waals surface area contributed by atoms with Gasteiger partial charge in [-0.25, -0.2) is 4.39 Å². The Morgan fingerprint density at radius 1 is 1.46 bits per heavy atom. The van der Waals surface area contributed by atoms with Crippen LogP contribution in [0.4, 0.5) is 4.39 Å². The van der Waals surface area contributed by atoms with E-state index in [4.69, 9.17) is 4.74 Å². The Hall–Kier alpha value is -0.110. The first-order chi connectivity index (χ1) is 5.99. The fourth-order valence-electron chi connectivity index (χ4n) is 2.52. The van der Waals surface area contributed by atoms with Crippen LogP contribution in [0.15, 0.2) is 0 Å². The van der Waals surface area contributed by atoms with Gasteiger partial charge in [-0.05, 0) is 24.7 Å². The normalized spacial score (nSPS) is 36.0. The van der Waals surface area contributed by atoms with Gasteiger partial charge >= 0.3 is 0 Å². The molecule has 1 aliphatic carbocycles. The zero-order valence-electron chi connectivity index (χ0n) is 9.14. The van der Waals surface area contributed by atoms with Crippen molar-refractivity contribution in [1.29, 1.82) is 0 Å². The van der Waals surface area contributed by atoms with E-state index in [1.807, 2.05) is 0 Å². The SMILES string of the molecule is COC[C@H](C(C)C)C1(F)CC(C)C1. The zero-order chi connectivity index (χ0) is 10.1. The molecule has 0 aromatic carbocycles. The third-order valence-corrected chi connectivity index (χ3v) is 3.19. The van der Waals surface area contributed by atoms with Gasteiger partial charge in [-0.15, -0.1) is 0 Å². The van der Waals surface area contributed by atoms with Crippen LogP contribution in [0, 0.1) is 17.8 Å². The van der Waals surface area contributed by atoms with E-state index in [1.54, 1.807) is 7.11 Å². The molecule has 1 rings (SSSR count). The smallest absolute Gasteiger partial charge is 0.116 e. The predicted molar refractivity (Wildman–Crippen MR) is 52.4 cm³/mol. The average molecular weight is 188 g/mol. The second-order valence-corrected chi connectivity index (χ2v) is 4.85. The van der Waals surface area contributed by atoms with Gasteiger partial charge in [-0.3, -0.25) is 0 Å². The molecule has 0 bridgehead atoms. The maximum atomic E-state index is 14.2. The van der Waals surface area contributed by atoms with Crippen LogP contribution in [-0.2, 0) is 4.74 Å². The number of hydrogen-bond donors (Lipinski definition) is 0. The van der Waals surface area contributed by atoms with Crippen LogP contribution in [0.1, 0.15) is 33.6 Å². The third kappa shape index (κ3) is 2.22. The molecule has 0 amide bonds. The molecule has 0 heterocycles. The van der Waals surface area contributed by atoms with Crippen molar-refractivity contribution in [3.8, 4) is 0 Å². The summed E-state index contributed by atoms with van der Waals surface area (Å²) in [5.74, 6) is 1.01.